The van der Waals surface area contributed by atoms with Crippen molar-refractivity contribution in [3.63, 3.8) is 0 Å². The number of carbonyl (C=O) groups is 1. The number of anilines is 2. The van der Waals surface area contributed by atoms with Crippen LogP contribution in [0.25, 0.3) is 0 Å². The molecule has 3 N–H and O–H groups in total. The Morgan fingerprint density at radius 1 is 1.50 bits per heavy atom. The smallest absolute Gasteiger partial charge is 0.241 e. The van der Waals surface area contributed by atoms with Gasteiger partial charge in [0.15, 0.2) is 0 Å². The lowest BCUT2D eigenvalue weighted by atomic mass is 10.1. The number of nitrogens with one attached hydrogen (secondary N) is 1. The Labute approximate surface area is 108 Å². The number of amides is 1. The minimum absolute atomic E-state index is 0.0260. The number of hydrogen-bond donors (Lipinski definition) is 2. The topological polar surface area (TPSA) is 58.4 Å². The Morgan fingerprint density at radius 3 is 2.78 bits per heavy atom. The number of rotatable bonds is 4. The zero-order valence-electron chi connectivity index (χ0n) is 11.2. The highest BCUT2D eigenvalue weighted by atomic mass is 16.2. The fourth-order valence-electron chi connectivity index (χ4n) is 1.99. The van der Waals surface area contributed by atoms with Gasteiger partial charge in [0.2, 0.25) is 5.91 Å². The third-order valence-corrected chi connectivity index (χ3v) is 3.63. The summed E-state index contributed by atoms with van der Waals surface area (Å²) in [7, 11) is 2.01. The molecule has 98 valence electrons. The van der Waals surface area contributed by atoms with Gasteiger partial charge in [-0.2, -0.15) is 0 Å². The van der Waals surface area contributed by atoms with Crippen LogP contribution in [0, 0.1) is 6.92 Å². The van der Waals surface area contributed by atoms with E-state index < -0.39 is 0 Å². The standard InChI is InChI=1S/C14H21N3O/c1-9-4-5-11(15)8-13(9)16-14(18)10(2)17(3)12-6-7-12/h4-5,8,10,12H,6-7,15H2,1-3H3,(H,16,18). The second-order valence-corrected chi connectivity index (χ2v) is 5.14. The van der Waals surface area contributed by atoms with E-state index in [0.717, 1.165) is 11.3 Å². The van der Waals surface area contributed by atoms with Crippen molar-refractivity contribution >= 4 is 17.3 Å². The van der Waals surface area contributed by atoms with E-state index in [1.54, 1.807) is 6.07 Å². The highest BCUT2D eigenvalue weighted by Gasteiger charge is 2.32. The van der Waals surface area contributed by atoms with Gasteiger partial charge < -0.3 is 11.1 Å². The first-order valence-corrected chi connectivity index (χ1v) is 6.38. The third-order valence-electron chi connectivity index (χ3n) is 3.63. The highest BCUT2D eigenvalue weighted by Crippen LogP contribution is 2.27. The van der Waals surface area contributed by atoms with E-state index in [-0.39, 0.29) is 11.9 Å². The average Bonchev–Trinajstić information content (AvgIpc) is 3.16. The van der Waals surface area contributed by atoms with Gasteiger partial charge >= 0.3 is 0 Å². The Morgan fingerprint density at radius 2 is 2.17 bits per heavy atom. The lowest BCUT2D eigenvalue weighted by Gasteiger charge is -2.23. The van der Waals surface area contributed by atoms with Crippen molar-refractivity contribution in [3.05, 3.63) is 23.8 Å². The van der Waals surface area contributed by atoms with E-state index in [0.29, 0.717) is 11.7 Å². The molecule has 0 aromatic heterocycles. The molecular formula is C14H21N3O. The molecule has 0 saturated heterocycles. The molecule has 1 aromatic carbocycles. The van der Waals surface area contributed by atoms with Gasteiger partial charge in [-0.3, -0.25) is 9.69 Å². The molecule has 1 aliphatic carbocycles. The number of benzene rings is 1. The number of hydrogen-bond acceptors (Lipinski definition) is 3. The Balaban J connectivity index is 2.03. The zero-order valence-corrected chi connectivity index (χ0v) is 11.2. The number of likely N-dealkylation sites (N-methyl/N-ethyl adjacent to an activating group) is 1. The molecule has 1 amide bonds. The van der Waals surface area contributed by atoms with Crippen molar-refractivity contribution < 1.29 is 4.79 Å². The van der Waals surface area contributed by atoms with E-state index in [9.17, 15) is 4.79 Å². The fourth-order valence-corrected chi connectivity index (χ4v) is 1.99. The molecule has 0 heterocycles. The largest absolute Gasteiger partial charge is 0.399 e. The maximum absolute atomic E-state index is 12.2. The van der Waals surface area contributed by atoms with E-state index >= 15 is 0 Å². The third kappa shape index (κ3) is 2.82. The maximum atomic E-state index is 12.2. The lowest BCUT2D eigenvalue weighted by Crippen LogP contribution is -2.40. The van der Waals surface area contributed by atoms with Crippen LogP contribution in [0.5, 0.6) is 0 Å². The Kier molecular flexibility index (Phi) is 3.57. The number of carbonyl (C=O) groups excluding carboxylic acids is 1. The molecule has 1 aliphatic rings. The van der Waals surface area contributed by atoms with Gasteiger partial charge in [0.1, 0.15) is 0 Å². The second-order valence-electron chi connectivity index (χ2n) is 5.14. The summed E-state index contributed by atoms with van der Waals surface area (Å²) in [5.41, 5.74) is 8.23. The molecule has 1 atom stereocenters. The summed E-state index contributed by atoms with van der Waals surface area (Å²) in [5.74, 6) is 0.0260. The molecule has 18 heavy (non-hydrogen) atoms. The minimum atomic E-state index is -0.113. The van der Waals surface area contributed by atoms with Crippen molar-refractivity contribution in [2.45, 2.75) is 38.8 Å². The Bertz CT molecular complexity index is 454. The van der Waals surface area contributed by atoms with Crippen molar-refractivity contribution in [3.8, 4) is 0 Å². The van der Waals surface area contributed by atoms with Crippen LogP contribution >= 0.6 is 0 Å². The first-order valence-electron chi connectivity index (χ1n) is 6.38. The van der Waals surface area contributed by atoms with E-state index in [2.05, 4.69) is 10.2 Å². The molecule has 1 unspecified atom stereocenters. The SMILES string of the molecule is Cc1ccc(N)cc1NC(=O)C(C)N(C)C1CC1. The summed E-state index contributed by atoms with van der Waals surface area (Å²) in [6.45, 7) is 3.90. The van der Waals surface area contributed by atoms with Crippen LogP contribution in [0.1, 0.15) is 25.3 Å². The van der Waals surface area contributed by atoms with E-state index in [4.69, 9.17) is 5.73 Å². The average molecular weight is 247 g/mol. The maximum Gasteiger partial charge on any atom is 0.241 e. The lowest BCUT2D eigenvalue weighted by molar-refractivity contribution is -0.120. The molecule has 4 nitrogen and oxygen atoms in total. The molecular weight excluding hydrogens is 226 g/mol. The summed E-state index contributed by atoms with van der Waals surface area (Å²) < 4.78 is 0. The van der Waals surface area contributed by atoms with Crippen LogP contribution in [0.4, 0.5) is 11.4 Å². The zero-order chi connectivity index (χ0) is 13.3. The number of nitrogens with zero attached hydrogens (tertiary/aromatic N) is 1. The van der Waals surface area contributed by atoms with Gasteiger partial charge in [0.05, 0.1) is 6.04 Å². The fraction of sp³-hybridized carbons (Fsp3) is 0.500. The molecule has 0 radical (unpaired) electrons. The summed E-state index contributed by atoms with van der Waals surface area (Å²) in [4.78, 5) is 14.3. The van der Waals surface area contributed by atoms with Crippen LogP contribution in [-0.2, 0) is 4.79 Å². The molecule has 0 spiro atoms. The normalized spacial score (nSPS) is 16.7. The number of aryl methyl sites for hydroxylation is 1. The molecule has 1 fully saturated rings. The molecule has 0 aliphatic heterocycles. The number of nitrogens with two attached hydrogens (primary N) is 1. The van der Waals surface area contributed by atoms with Crippen molar-refractivity contribution in [1.29, 1.82) is 0 Å². The molecule has 0 bridgehead atoms. The van der Waals surface area contributed by atoms with Gasteiger partial charge in [0, 0.05) is 17.4 Å². The van der Waals surface area contributed by atoms with Crippen LogP contribution in [0.2, 0.25) is 0 Å². The van der Waals surface area contributed by atoms with Crippen LogP contribution in [0.15, 0.2) is 18.2 Å². The first kappa shape index (κ1) is 12.9. The van der Waals surface area contributed by atoms with Crippen molar-refractivity contribution in [1.82, 2.24) is 4.90 Å². The predicted octanol–water partition coefficient (Wildman–Crippen LogP) is 2.00. The Hall–Kier alpha value is -1.55. The van der Waals surface area contributed by atoms with Crippen molar-refractivity contribution in [2.24, 2.45) is 0 Å². The van der Waals surface area contributed by atoms with Crippen molar-refractivity contribution in [2.75, 3.05) is 18.1 Å². The van der Waals surface area contributed by atoms with E-state index in [1.807, 2.05) is 33.0 Å². The second kappa shape index (κ2) is 4.98. The summed E-state index contributed by atoms with van der Waals surface area (Å²) in [6.07, 6.45) is 2.40. The summed E-state index contributed by atoms with van der Waals surface area (Å²) >= 11 is 0. The minimum Gasteiger partial charge on any atom is -0.399 e. The molecule has 2 rings (SSSR count). The highest BCUT2D eigenvalue weighted by molar-refractivity contribution is 5.95. The quantitative estimate of drug-likeness (QED) is 0.800. The van der Waals surface area contributed by atoms with Gasteiger partial charge in [-0.15, -0.1) is 0 Å². The van der Waals surface area contributed by atoms with E-state index in [1.165, 1.54) is 12.8 Å². The molecule has 1 aromatic rings. The first-order chi connectivity index (χ1) is 8.49. The van der Waals surface area contributed by atoms with Gasteiger partial charge in [-0.25, -0.2) is 0 Å². The van der Waals surface area contributed by atoms with Gasteiger partial charge in [-0.05, 0) is 51.4 Å². The van der Waals surface area contributed by atoms with Crippen LogP contribution in [-0.4, -0.2) is 29.9 Å². The van der Waals surface area contributed by atoms with Gasteiger partial charge in [0.25, 0.3) is 0 Å². The number of nitrogen functional groups attached to an aromatic ring is 1. The molecule has 4 heteroatoms. The van der Waals surface area contributed by atoms with Gasteiger partial charge in [-0.1, -0.05) is 6.07 Å². The molecule has 1 saturated carbocycles. The summed E-state index contributed by atoms with van der Waals surface area (Å²) in [6, 6.07) is 6.02. The van der Waals surface area contributed by atoms with Crippen LogP contribution < -0.4 is 11.1 Å². The predicted molar refractivity (Wildman–Crippen MR) is 74.5 cm³/mol. The van der Waals surface area contributed by atoms with Crippen LogP contribution in [0.3, 0.4) is 0 Å². The monoisotopic (exact) mass is 247 g/mol. The summed E-state index contributed by atoms with van der Waals surface area (Å²) in [5, 5.41) is 2.95.